The summed E-state index contributed by atoms with van der Waals surface area (Å²) in [6.07, 6.45) is 9.26. The van der Waals surface area contributed by atoms with Crippen LogP contribution in [0.2, 0.25) is 0 Å². The minimum atomic E-state index is 0.118. The highest BCUT2D eigenvalue weighted by molar-refractivity contribution is 5.94. The fourth-order valence-corrected chi connectivity index (χ4v) is 5.56. The Morgan fingerprint density at radius 3 is 2.52 bits per heavy atom. The summed E-state index contributed by atoms with van der Waals surface area (Å²) in [5.41, 5.74) is 0. The highest BCUT2D eigenvalue weighted by Crippen LogP contribution is 2.31. The van der Waals surface area contributed by atoms with E-state index in [4.69, 9.17) is 4.98 Å². The number of anilines is 1. The third-order valence-corrected chi connectivity index (χ3v) is 7.43. The predicted octanol–water partition coefficient (Wildman–Crippen LogP) is 4.15. The number of rotatable bonds is 6. The van der Waals surface area contributed by atoms with Crippen molar-refractivity contribution in [1.82, 2.24) is 19.8 Å². The van der Waals surface area contributed by atoms with E-state index in [0.717, 1.165) is 74.5 Å². The van der Waals surface area contributed by atoms with Crippen LogP contribution in [-0.4, -0.2) is 55.1 Å². The molecular weight excluding hydrogens is 410 g/mol. The number of amides is 1. The third-order valence-electron chi connectivity index (χ3n) is 7.43. The molecule has 1 aromatic carbocycles. The molecule has 1 N–H and O–H groups in total. The monoisotopic (exact) mass is 444 g/mol. The Morgan fingerprint density at radius 2 is 1.73 bits per heavy atom. The molecule has 1 saturated heterocycles. The van der Waals surface area contributed by atoms with Gasteiger partial charge in [-0.05, 0) is 42.5 Å². The SMILES string of the molecule is O=C(C1CCCCC1)N(CC[N+]1(c2nccc3ccccc23)CCNCC1)c1ccccn1. The third kappa shape index (κ3) is 4.63. The van der Waals surface area contributed by atoms with E-state index in [1.165, 1.54) is 17.2 Å². The number of carbonyl (C=O) groups is 1. The van der Waals surface area contributed by atoms with Gasteiger partial charge in [-0.1, -0.05) is 43.5 Å². The van der Waals surface area contributed by atoms with Crippen molar-refractivity contribution in [1.29, 1.82) is 0 Å². The molecule has 33 heavy (non-hydrogen) atoms. The number of pyridine rings is 2. The quantitative estimate of drug-likeness (QED) is 0.580. The van der Waals surface area contributed by atoms with Gasteiger partial charge in [0.15, 0.2) is 0 Å². The Balaban J connectivity index is 1.47. The number of quaternary nitrogens is 1. The number of benzene rings is 1. The maximum Gasteiger partial charge on any atom is 0.235 e. The van der Waals surface area contributed by atoms with Crippen molar-refractivity contribution < 1.29 is 4.79 Å². The second-order valence-electron chi connectivity index (χ2n) is 9.43. The normalized spacial score (nSPS) is 18.8. The smallest absolute Gasteiger partial charge is 0.235 e. The van der Waals surface area contributed by atoms with Crippen LogP contribution in [0.3, 0.4) is 0 Å². The first-order valence-electron chi connectivity index (χ1n) is 12.4. The first kappa shape index (κ1) is 22.0. The number of hydrogen-bond acceptors (Lipinski definition) is 4. The van der Waals surface area contributed by atoms with Crippen LogP contribution in [0.25, 0.3) is 10.8 Å². The maximum atomic E-state index is 13.7. The fourth-order valence-electron chi connectivity index (χ4n) is 5.56. The van der Waals surface area contributed by atoms with E-state index in [-0.39, 0.29) is 11.8 Å². The molecule has 0 atom stereocenters. The number of nitrogens with one attached hydrogen (secondary N) is 1. The van der Waals surface area contributed by atoms with Crippen molar-refractivity contribution in [3.63, 3.8) is 0 Å². The van der Waals surface area contributed by atoms with Gasteiger partial charge in [0.05, 0.1) is 25.0 Å². The Morgan fingerprint density at radius 1 is 0.939 bits per heavy atom. The number of piperazine rings is 1. The minimum Gasteiger partial charge on any atom is -0.306 e. The Hall–Kier alpha value is -2.83. The average molecular weight is 445 g/mol. The van der Waals surface area contributed by atoms with Gasteiger partial charge in [0.2, 0.25) is 11.7 Å². The zero-order valence-electron chi connectivity index (χ0n) is 19.3. The highest BCUT2D eigenvalue weighted by atomic mass is 16.2. The van der Waals surface area contributed by atoms with Crippen molar-refractivity contribution in [2.75, 3.05) is 44.2 Å². The summed E-state index contributed by atoms with van der Waals surface area (Å²) in [4.78, 5) is 25.1. The van der Waals surface area contributed by atoms with Gasteiger partial charge in [-0.15, -0.1) is 0 Å². The van der Waals surface area contributed by atoms with Gasteiger partial charge in [-0.2, -0.15) is 0 Å². The van der Waals surface area contributed by atoms with Gasteiger partial charge < -0.3 is 5.32 Å². The molecule has 0 unspecified atom stereocenters. The number of nitrogens with zero attached hydrogens (tertiary/aromatic N) is 4. The summed E-state index contributed by atoms with van der Waals surface area (Å²) >= 11 is 0. The van der Waals surface area contributed by atoms with E-state index < -0.39 is 0 Å². The van der Waals surface area contributed by atoms with Crippen molar-refractivity contribution in [2.45, 2.75) is 32.1 Å². The fraction of sp³-hybridized carbons (Fsp3) is 0.444. The van der Waals surface area contributed by atoms with Crippen LogP contribution >= 0.6 is 0 Å². The minimum absolute atomic E-state index is 0.118. The van der Waals surface area contributed by atoms with Gasteiger partial charge in [0, 0.05) is 31.4 Å². The van der Waals surface area contributed by atoms with Crippen LogP contribution in [-0.2, 0) is 4.79 Å². The molecule has 6 heteroatoms. The maximum absolute atomic E-state index is 13.7. The molecule has 1 aliphatic carbocycles. The number of aromatic nitrogens is 2. The van der Waals surface area contributed by atoms with Gasteiger partial charge in [0.1, 0.15) is 12.4 Å². The molecule has 6 nitrogen and oxygen atoms in total. The van der Waals surface area contributed by atoms with Crippen LogP contribution in [0.15, 0.2) is 60.9 Å². The zero-order chi connectivity index (χ0) is 22.5. The first-order chi connectivity index (χ1) is 16.3. The van der Waals surface area contributed by atoms with Crippen molar-refractivity contribution in [2.24, 2.45) is 5.92 Å². The predicted molar refractivity (Wildman–Crippen MR) is 134 cm³/mol. The second-order valence-corrected chi connectivity index (χ2v) is 9.43. The molecular formula is C27H34N5O+. The van der Waals surface area contributed by atoms with Crippen LogP contribution in [0.1, 0.15) is 32.1 Å². The molecule has 0 radical (unpaired) electrons. The van der Waals surface area contributed by atoms with Crippen molar-refractivity contribution >= 4 is 28.3 Å². The van der Waals surface area contributed by atoms with E-state index >= 15 is 0 Å². The van der Waals surface area contributed by atoms with Crippen molar-refractivity contribution in [3.05, 3.63) is 60.9 Å². The molecule has 1 amide bonds. The van der Waals surface area contributed by atoms with Gasteiger partial charge in [-0.25, -0.2) is 9.97 Å². The zero-order valence-corrected chi connectivity index (χ0v) is 19.3. The molecule has 0 spiro atoms. The molecule has 172 valence electrons. The standard InChI is InChI=1S/C27H34N5O/c33-27(23-9-2-1-3-10-23)31(25-12-6-7-14-29-25)18-21-32(19-16-28-17-20-32)26-24-11-5-4-8-22(24)13-15-30-26/h4-8,11-15,23,28H,1-3,9-10,16-21H2/q+1. The lowest BCUT2D eigenvalue weighted by Gasteiger charge is -2.42. The lowest BCUT2D eigenvalue weighted by molar-refractivity contribution is -0.123. The molecule has 3 aromatic rings. The van der Waals surface area contributed by atoms with E-state index in [9.17, 15) is 4.79 Å². The summed E-state index contributed by atoms with van der Waals surface area (Å²) in [7, 11) is 0. The van der Waals surface area contributed by atoms with Crippen LogP contribution in [0.4, 0.5) is 11.6 Å². The Bertz CT molecular complexity index is 1070. The van der Waals surface area contributed by atoms with Crippen molar-refractivity contribution in [3.8, 4) is 0 Å². The van der Waals surface area contributed by atoms with E-state index in [2.05, 4.69) is 40.6 Å². The molecule has 2 aliphatic rings. The van der Waals surface area contributed by atoms with Gasteiger partial charge >= 0.3 is 0 Å². The lowest BCUT2D eigenvalue weighted by atomic mass is 9.88. The highest BCUT2D eigenvalue weighted by Gasteiger charge is 2.37. The lowest BCUT2D eigenvalue weighted by Crippen LogP contribution is -2.62. The summed E-state index contributed by atoms with van der Waals surface area (Å²) in [6.45, 7) is 5.31. The number of fused-ring (bicyclic) bond motifs is 1. The van der Waals surface area contributed by atoms with Gasteiger partial charge in [0.25, 0.3) is 0 Å². The number of hydrogen-bond donors (Lipinski definition) is 1. The molecule has 2 aromatic heterocycles. The van der Waals surface area contributed by atoms with Crippen LogP contribution in [0, 0.1) is 5.92 Å². The number of carbonyl (C=O) groups excluding carboxylic acids is 1. The molecule has 1 aliphatic heterocycles. The van der Waals surface area contributed by atoms with Crippen LogP contribution < -0.4 is 14.7 Å². The first-order valence-corrected chi connectivity index (χ1v) is 12.4. The molecule has 5 rings (SSSR count). The molecule has 2 fully saturated rings. The topological polar surface area (TPSA) is 58.1 Å². The van der Waals surface area contributed by atoms with Gasteiger partial charge in [-0.3, -0.25) is 14.2 Å². The summed E-state index contributed by atoms with van der Waals surface area (Å²) in [5.74, 6) is 2.26. The van der Waals surface area contributed by atoms with Crippen LogP contribution in [0.5, 0.6) is 0 Å². The molecule has 0 bridgehead atoms. The van der Waals surface area contributed by atoms with E-state index in [0.29, 0.717) is 6.54 Å². The molecule has 3 heterocycles. The average Bonchev–Trinajstić information content (AvgIpc) is 2.90. The Labute approximate surface area is 196 Å². The Kier molecular flexibility index (Phi) is 6.65. The largest absolute Gasteiger partial charge is 0.306 e. The van der Waals surface area contributed by atoms with E-state index in [1.807, 2.05) is 29.3 Å². The summed E-state index contributed by atoms with van der Waals surface area (Å²) < 4.78 is 0.787. The molecule has 1 saturated carbocycles. The van der Waals surface area contributed by atoms with E-state index in [1.54, 1.807) is 6.20 Å². The second kappa shape index (κ2) is 9.98. The summed E-state index contributed by atoms with van der Waals surface area (Å²) in [6, 6.07) is 16.5. The summed E-state index contributed by atoms with van der Waals surface area (Å²) in [5, 5.41) is 5.95.